The van der Waals surface area contributed by atoms with E-state index in [-0.39, 0.29) is 0 Å². The molecule has 0 radical (unpaired) electrons. The van der Waals surface area contributed by atoms with Gasteiger partial charge in [-0.3, -0.25) is 9.59 Å². The fraction of sp³-hybridized carbons (Fsp3) is 0.579. The van der Waals surface area contributed by atoms with E-state index in [1.807, 2.05) is 24.3 Å². The standard InChI is InChI=1S/C19H25N3O5/c23-17(18(24)22-7-5-19(6-8-22)26-13-14-27-19)20-15-3-1-2-4-16(15)21-9-11-25-12-10-21/h1-4H,5-14H2,(H,20,23). The fourth-order valence-electron chi connectivity index (χ4n) is 3.81. The molecule has 1 N–H and O–H groups in total. The SMILES string of the molecule is O=C(Nc1ccccc1N1CCOCC1)C(=O)N1CCC2(CC1)OCCO2. The molecule has 0 bridgehead atoms. The number of para-hydroxylation sites is 2. The average molecular weight is 375 g/mol. The van der Waals surface area contributed by atoms with E-state index in [1.54, 1.807) is 4.90 Å². The van der Waals surface area contributed by atoms with Crippen molar-refractivity contribution in [2.75, 3.05) is 62.8 Å². The number of piperidine rings is 1. The number of amides is 2. The fourth-order valence-corrected chi connectivity index (χ4v) is 3.81. The van der Waals surface area contributed by atoms with Crippen molar-refractivity contribution in [1.82, 2.24) is 4.90 Å². The molecule has 3 fully saturated rings. The first-order valence-electron chi connectivity index (χ1n) is 9.47. The summed E-state index contributed by atoms with van der Waals surface area (Å²) in [5.41, 5.74) is 1.56. The third-order valence-corrected chi connectivity index (χ3v) is 5.32. The van der Waals surface area contributed by atoms with E-state index in [1.165, 1.54) is 0 Å². The van der Waals surface area contributed by atoms with Crippen LogP contribution in [0.4, 0.5) is 11.4 Å². The molecule has 4 rings (SSSR count). The molecule has 3 saturated heterocycles. The van der Waals surface area contributed by atoms with Crippen molar-refractivity contribution >= 4 is 23.2 Å². The van der Waals surface area contributed by atoms with Gasteiger partial charge in [0.2, 0.25) is 0 Å². The molecule has 1 aromatic carbocycles. The van der Waals surface area contributed by atoms with E-state index in [0.29, 0.717) is 58.0 Å². The van der Waals surface area contributed by atoms with Gasteiger partial charge in [0.15, 0.2) is 5.79 Å². The maximum absolute atomic E-state index is 12.6. The molecular formula is C19H25N3O5. The highest BCUT2D eigenvalue weighted by molar-refractivity contribution is 6.39. The molecule has 3 heterocycles. The summed E-state index contributed by atoms with van der Waals surface area (Å²) < 4.78 is 16.7. The number of anilines is 2. The predicted octanol–water partition coefficient (Wildman–Crippen LogP) is 0.827. The monoisotopic (exact) mass is 375 g/mol. The first kappa shape index (κ1) is 18.2. The lowest BCUT2D eigenvalue weighted by Gasteiger charge is -2.37. The van der Waals surface area contributed by atoms with E-state index < -0.39 is 17.6 Å². The number of rotatable bonds is 2. The summed E-state index contributed by atoms with van der Waals surface area (Å²) in [5.74, 6) is -1.68. The number of carbonyl (C=O) groups excluding carboxylic acids is 2. The first-order valence-corrected chi connectivity index (χ1v) is 9.47. The van der Waals surface area contributed by atoms with Gasteiger partial charge >= 0.3 is 11.8 Å². The number of ether oxygens (including phenoxy) is 3. The molecular weight excluding hydrogens is 350 g/mol. The Labute approximate surface area is 158 Å². The molecule has 3 aliphatic rings. The number of carbonyl (C=O) groups is 2. The molecule has 0 atom stereocenters. The summed E-state index contributed by atoms with van der Waals surface area (Å²) in [5, 5.41) is 2.79. The third kappa shape index (κ3) is 3.92. The van der Waals surface area contributed by atoms with Crippen molar-refractivity contribution in [1.29, 1.82) is 0 Å². The molecule has 0 aromatic heterocycles. The van der Waals surface area contributed by atoms with Crippen LogP contribution in [0.5, 0.6) is 0 Å². The quantitative estimate of drug-likeness (QED) is 0.772. The van der Waals surface area contributed by atoms with Gasteiger partial charge in [-0.05, 0) is 12.1 Å². The van der Waals surface area contributed by atoms with E-state index in [0.717, 1.165) is 18.8 Å². The van der Waals surface area contributed by atoms with Crippen LogP contribution in [0.25, 0.3) is 0 Å². The van der Waals surface area contributed by atoms with Crippen LogP contribution in [0.3, 0.4) is 0 Å². The lowest BCUT2D eigenvalue weighted by molar-refractivity contribution is -0.187. The molecule has 27 heavy (non-hydrogen) atoms. The molecule has 0 aliphatic carbocycles. The molecule has 8 heteroatoms. The minimum absolute atomic E-state index is 0.456. The van der Waals surface area contributed by atoms with Crippen LogP contribution in [0.2, 0.25) is 0 Å². The number of morpholine rings is 1. The van der Waals surface area contributed by atoms with Gasteiger partial charge in [0.05, 0.1) is 37.8 Å². The second-order valence-electron chi connectivity index (χ2n) is 6.97. The summed E-state index contributed by atoms with van der Waals surface area (Å²) in [7, 11) is 0. The van der Waals surface area contributed by atoms with Crippen LogP contribution in [0, 0.1) is 0 Å². The Morgan fingerprint density at radius 2 is 1.59 bits per heavy atom. The summed E-state index contributed by atoms with van der Waals surface area (Å²) >= 11 is 0. The van der Waals surface area contributed by atoms with Gasteiger partial charge in [0.1, 0.15) is 0 Å². The minimum Gasteiger partial charge on any atom is -0.378 e. The van der Waals surface area contributed by atoms with Crippen molar-refractivity contribution in [3.8, 4) is 0 Å². The molecule has 146 valence electrons. The van der Waals surface area contributed by atoms with Crippen LogP contribution in [0.15, 0.2) is 24.3 Å². The van der Waals surface area contributed by atoms with Crippen molar-refractivity contribution < 1.29 is 23.8 Å². The Morgan fingerprint density at radius 1 is 0.926 bits per heavy atom. The van der Waals surface area contributed by atoms with Crippen LogP contribution < -0.4 is 10.2 Å². The molecule has 0 unspecified atom stereocenters. The zero-order valence-corrected chi connectivity index (χ0v) is 15.3. The van der Waals surface area contributed by atoms with Crippen molar-refractivity contribution in [3.63, 3.8) is 0 Å². The second kappa shape index (κ2) is 7.84. The van der Waals surface area contributed by atoms with Crippen molar-refractivity contribution in [2.24, 2.45) is 0 Å². The zero-order chi connectivity index (χ0) is 18.7. The normalized spacial score (nSPS) is 22.1. The zero-order valence-electron chi connectivity index (χ0n) is 15.3. The second-order valence-corrected chi connectivity index (χ2v) is 6.97. The predicted molar refractivity (Wildman–Crippen MR) is 98.6 cm³/mol. The number of nitrogens with one attached hydrogen (secondary N) is 1. The summed E-state index contributed by atoms with van der Waals surface area (Å²) in [6, 6.07) is 7.55. The van der Waals surface area contributed by atoms with Gasteiger partial charge < -0.3 is 29.3 Å². The highest BCUT2D eigenvalue weighted by Gasteiger charge is 2.41. The number of likely N-dealkylation sites (tertiary alicyclic amines) is 1. The number of nitrogens with zero attached hydrogens (tertiary/aromatic N) is 2. The number of hydrogen-bond donors (Lipinski definition) is 1. The molecule has 3 aliphatic heterocycles. The Bertz CT molecular complexity index is 688. The van der Waals surface area contributed by atoms with Gasteiger partial charge in [-0.25, -0.2) is 0 Å². The maximum Gasteiger partial charge on any atom is 0.313 e. The maximum atomic E-state index is 12.6. The molecule has 1 aromatic rings. The van der Waals surface area contributed by atoms with Crippen LogP contribution in [-0.4, -0.2) is 75.1 Å². The van der Waals surface area contributed by atoms with Crippen LogP contribution in [-0.2, 0) is 23.8 Å². The van der Waals surface area contributed by atoms with Crippen molar-refractivity contribution in [3.05, 3.63) is 24.3 Å². The van der Waals surface area contributed by atoms with Gasteiger partial charge in [-0.15, -0.1) is 0 Å². The van der Waals surface area contributed by atoms with E-state index in [9.17, 15) is 9.59 Å². The number of hydrogen-bond acceptors (Lipinski definition) is 6. The highest BCUT2D eigenvalue weighted by atomic mass is 16.7. The summed E-state index contributed by atoms with van der Waals surface area (Å²) in [6.07, 6.45) is 1.19. The average Bonchev–Trinajstić information content (AvgIpc) is 3.17. The van der Waals surface area contributed by atoms with Gasteiger partial charge in [0.25, 0.3) is 0 Å². The topological polar surface area (TPSA) is 80.3 Å². The molecule has 1 spiro atoms. The van der Waals surface area contributed by atoms with Crippen molar-refractivity contribution in [2.45, 2.75) is 18.6 Å². The molecule has 0 saturated carbocycles. The van der Waals surface area contributed by atoms with Gasteiger partial charge in [0, 0.05) is 39.0 Å². The lowest BCUT2D eigenvalue weighted by atomic mass is 10.0. The smallest absolute Gasteiger partial charge is 0.313 e. The Morgan fingerprint density at radius 3 is 2.30 bits per heavy atom. The Kier molecular flexibility index (Phi) is 5.29. The largest absolute Gasteiger partial charge is 0.378 e. The Balaban J connectivity index is 1.38. The van der Waals surface area contributed by atoms with Crippen LogP contribution >= 0.6 is 0 Å². The molecule has 2 amide bonds. The number of benzene rings is 1. The molecule has 8 nitrogen and oxygen atoms in total. The minimum atomic E-state index is -0.611. The van der Waals surface area contributed by atoms with E-state index in [2.05, 4.69) is 10.2 Å². The first-order chi connectivity index (χ1) is 13.2. The van der Waals surface area contributed by atoms with Gasteiger partial charge in [-0.1, -0.05) is 12.1 Å². The Hall–Kier alpha value is -2.16. The highest BCUT2D eigenvalue weighted by Crippen LogP contribution is 2.31. The van der Waals surface area contributed by atoms with E-state index in [4.69, 9.17) is 14.2 Å². The third-order valence-electron chi connectivity index (χ3n) is 5.32. The lowest BCUT2D eigenvalue weighted by Crippen LogP contribution is -2.50. The van der Waals surface area contributed by atoms with Crippen LogP contribution in [0.1, 0.15) is 12.8 Å². The summed E-state index contributed by atoms with van der Waals surface area (Å²) in [6.45, 7) is 4.92. The van der Waals surface area contributed by atoms with E-state index >= 15 is 0 Å². The van der Waals surface area contributed by atoms with Gasteiger partial charge in [-0.2, -0.15) is 0 Å². The summed E-state index contributed by atoms with van der Waals surface area (Å²) in [4.78, 5) is 28.9.